The average Bonchev–Trinajstić information content (AvgIpc) is 3.65. The van der Waals surface area contributed by atoms with Crippen molar-refractivity contribution < 1.29 is 62.7 Å². The van der Waals surface area contributed by atoms with Crippen LogP contribution >= 0.6 is 0 Å². The van der Waals surface area contributed by atoms with Crippen LogP contribution in [0.5, 0.6) is 0 Å². The third kappa shape index (κ3) is 8.40. The maximum absolute atomic E-state index is 13.1. The summed E-state index contributed by atoms with van der Waals surface area (Å²) in [6.45, 7) is 10.4. The Balaban J connectivity index is 1.34. The maximum atomic E-state index is 13.1. The minimum Gasteiger partial charge on any atom is -0.344 e. The molecule has 3 heterocycles. The van der Waals surface area contributed by atoms with Crippen LogP contribution in [0.2, 0.25) is 0 Å². The summed E-state index contributed by atoms with van der Waals surface area (Å²) in [5.74, 6) is -2.50. The number of imide groups is 1. The molecule has 1 fully saturated rings. The third-order valence-electron chi connectivity index (χ3n) is 10.9. The van der Waals surface area contributed by atoms with Gasteiger partial charge >= 0.3 is 5.97 Å². The van der Waals surface area contributed by atoms with Crippen molar-refractivity contribution in [2.45, 2.75) is 80.9 Å². The molecule has 0 unspecified atom stereocenters. The first-order valence-corrected chi connectivity index (χ1v) is 23.1. The summed E-state index contributed by atoms with van der Waals surface area (Å²) in [4.78, 5) is 43.1. The van der Waals surface area contributed by atoms with Crippen LogP contribution in [-0.2, 0) is 55.6 Å². The second-order valence-electron chi connectivity index (χ2n) is 15.4. The highest BCUT2D eigenvalue weighted by atomic mass is 32.2. The minimum atomic E-state index is -4.89. The Labute approximate surface area is 342 Å². The lowest BCUT2D eigenvalue weighted by atomic mass is 9.80. The quantitative estimate of drug-likeness (QED) is 0.0641. The van der Waals surface area contributed by atoms with Gasteiger partial charge in [0.2, 0.25) is 5.69 Å². The van der Waals surface area contributed by atoms with E-state index in [9.17, 15) is 53.3 Å². The SMILES string of the molecule is CCN1/C(=C/C=C/C=C/C2=[N+](CCCCS(=O)(=O)O)c3ccc(C(=O)ON4C(=O)CCC4=O)cc3C2(C)C)C(C)(C)c2c1ccc1c(S(=O)(=O)O)cc(S(=O)(=O)O)cc21. The highest BCUT2D eigenvalue weighted by Gasteiger charge is 2.45. The first-order chi connectivity index (χ1) is 27.4. The fourth-order valence-electron chi connectivity index (χ4n) is 8.09. The van der Waals surface area contributed by atoms with E-state index in [0.29, 0.717) is 35.8 Å². The van der Waals surface area contributed by atoms with Crippen LogP contribution in [0.3, 0.4) is 0 Å². The van der Waals surface area contributed by atoms with Crippen molar-refractivity contribution in [1.29, 1.82) is 0 Å². The highest BCUT2D eigenvalue weighted by molar-refractivity contribution is 7.87. The molecule has 0 spiro atoms. The molecule has 0 radical (unpaired) electrons. The van der Waals surface area contributed by atoms with Crippen molar-refractivity contribution >= 4 is 76.0 Å². The van der Waals surface area contributed by atoms with E-state index in [4.69, 9.17) is 4.84 Å². The number of unbranched alkanes of at least 4 members (excludes halogenated alkanes) is 1. The molecule has 3 N–H and O–H groups in total. The van der Waals surface area contributed by atoms with Gasteiger partial charge in [0.25, 0.3) is 42.2 Å². The standard InChI is InChI=1S/C40H43N3O13S3/c1-6-41-31-17-15-27-28(23-26(58(50,51)52)24-32(27)59(53,54)55)37(31)40(4,5)34(41)13-9-7-8-12-33-39(2,3)29-22-25(38(46)56-43-35(44)18-19-36(43)45)14-16-30(29)42(33)20-10-11-21-57(47,48)49/h7-9,12-17,22-24H,6,10-11,18-21H2,1-5H3,(H2-,47,48,49,50,51,52,53,54,55)/p+1. The van der Waals surface area contributed by atoms with Crippen LogP contribution in [-0.4, -0.2) is 90.9 Å². The molecule has 0 aliphatic carbocycles. The molecule has 16 nitrogen and oxygen atoms in total. The summed E-state index contributed by atoms with van der Waals surface area (Å²) in [6, 6.07) is 9.98. The molecule has 2 amide bonds. The number of fused-ring (bicyclic) bond motifs is 4. The fourth-order valence-corrected chi connectivity index (χ4v) is 10.00. The van der Waals surface area contributed by atoms with E-state index in [1.807, 2.05) is 62.3 Å². The Morgan fingerprint density at radius 1 is 0.831 bits per heavy atom. The van der Waals surface area contributed by atoms with Crippen LogP contribution in [0.4, 0.5) is 11.4 Å². The lowest BCUT2D eigenvalue weighted by Gasteiger charge is -2.26. The summed E-state index contributed by atoms with van der Waals surface area (Å²) in [7, 11) is -13.9. The molecular weight excluding hydrogens is 827 g/mol. The van der Waals surface area contributed by atoms with Crippen LogP contribution in [0.1, 0.15) is 81.8 Å². The summed E-state index contributed by atoms with van der Waals surface area (Å²) in [6.07, 6.45) is 9.64. The maximum Gasteiger partial charge on any atom is 0.363 e. The lowest BCUT2D eigenvalue weighted by molar-refractivity contribution is -0.438. The molecule has 3 aliphatic rings. The topological polar surface area (TPSA) is 233 Å². The van der Waals surface area contributed by atoms with Crippen molar-refractivity contribution in [2.75, 3.05) is 23.7 Å². The van der Waals surface area contributed by atoms with Crippen LogP contribution in [0, 0.1) is 0 Å². The molecule has 59 heavy (non-hydrogen) atoms. The molecule has 3 aliphatic heterocycles. The molecule has 3 aromatic carbocycles. The van der Waals surface area contributed by atoms with Gasteiger partial charge in [0.1, 0.15) is 11.4 Å². The second kappa shape index (κ2) is 15.5. The number of rotatable bonds is 13. The summed E-state index contributed by atoms with van der Waals surface area (Å²) in [5, 5.41) is 0.797. The number of hydrogen-bond donors (Lipinski definition) is 3. The number of amides is 2. The summed E-state index contributed by atoms with van der Waals surface area (Å²) < 4.78 is 103. The fraction of sp³-hybridized carbons (Fsp3) is 0.350. The number of allylic oxidation sites excluding steroid dienone is 6. The Morgan fingerprint density at radius 3 is 2.12 bits per heavy atom. The van der Waals surface area contributed by atoms with Gasteiger partial charge in [-0.15, -0.1) is 5.06 Å². The normalized spacial score (nSPS) is 18.6. The molecular formula is C40H44N3O13S3+. The average molecular weight is 871 g/mol. The van der Waals surface area contributed by atoms with Crippen molar-refractivity contribution in [3.63, 3.8) is 0 Å². The van der Waals surface area contributed by atoms with Crippen LogP contribution in [0.25, 0.3) is 10.8 Å². The number of hydrogen-bond acceptors (Lipinski definition) is 11. The van der Waals surface area contributed by atoms with Crippen LogP contribution in [0.15, 0.2) is 88.3 Å². The molecule has 0 atom stereocenters. The van der Waals surface area contributed by atoms with Crippen LogP contribution < -0.4 is 4.90 Å². The van der Waals surface area contributed by atoms with Crippen molar-refractivity contribution in [1.82, 2.24) is 5.06 Å². The van der Waals surface area contributed by atoms with E-state index in [2.05, 4.69) is 0 Å². The zero-order valence-electron chi connectivity index (χ0n) is 32.9. The first kappa shape index (κ1) is 43.5. The highest BCUT2D eigenvalue weighted by Crippen LogP contribution is 2.51. The number of carbonyl (C=O) groups is 3. The Bertz CT molecular complexity index is 2770. The van der Waals surface area contributed by atoms with Gasteiger partial charge in [-0.1, -0.05) is 38.1 Å². The smallest absolute Gasteiger partial charge is 0.344 e. The number of nitrogens with zero attached hydrogens (tertiary/aromatic N) is 3. The molecule has 1 saturated heterocycles. The molecule has 0 bridgehead atoms. The van der Waals surface area contributed by atoms with Gasteiger partial charge in [0, 0.05) is 65.7 Å². The largest absolute Gasteiger partial charge is 0.363 e. The molecule has 3 aromatic rings. The Kier molecular flexibility index (Phi) is 11.5. The number of benzene rings is 3. The lowest BCUT2D eigenvalue weighted by Crippen LogP contribution is -2.32. The van der Waals surface area contributed by atoms with Crippen molar-refractivity contribution in [2.24, 2.45) is 0 Å². The zero-order chi connectivity index (χ0) is 43.5. The molecule has 19 heteroatoms. The summed E-state index contributed by atoms with van der Waals surface area (Å²) in [5.41, 5.74) is 2.90. The Hall–Kier alpha value is -5.05. The predicted octanol–water partition coefficient (Wildman–Crippen LogP) is 5.41. The van der Waals surface area contributed by atoms with Gasteiger partial charge in [-0.3, -0.25) is 23.2 Å². The van der Waals surface area contributed by atoms with Gasteiger partial charge in [0.15, 0.2) is 5.71 Å². The van der Waals surface area contributed by atoms with Crippen molar-refractivity contribution in [3.8, 4) is 0 Å². The van der Waals surface area contributed by atoms with Crippen molar-refractivity contribution in [3.05, 3.63) is 95.2 Å². The second-order valence-corrected chi connectivity index (χ2v) is 19.8. The molecule has 314 valence electrons. The van der Waals surface area contributed by atoms with Gasteiger partial charge in [0.05, 0.1) is 21.6 Å². The third-order valence-corrected chi connectivity index (χ3v) is 13.4. The van der Waals surface area contributed by atoms with Gasteiger partial charge in [-0.25, -0.2) is 4.79 Å². The summed E-state index contributed by atoms with van der Waals surface area (Å²) >= 11 is 0. The van der Waals surface area contributed by atoms with E-state index in [1.54, 1.807) is 30.4 Å². The van der Waals surface area contributed by atoms with E-state index < -0.39 is 74.5 Å². The van der Waals surface area contributed by atoms with E-state index >= 15 is 0 Å². The Morgan fingerprint density at radius 2 is 1.51 bits per heavy atom. The first-order valence-electron chi connectivity index (χ1n) is 18.6. The van der Waals surface area contributed by atoms with Gasteiger partial charge in [-0.05, 0) is 74.5 Å². The van der Waals surface area contributed by atoms with E-state index in [0.717, 1.165) is 28.7 Å². The number of carbonyl (C=O) groups excluding carboxylic acids is 3. The van der Waals surface area contributed by atoms with Gasteiger partial charge < -0.3 is 9.74 Å². The number of likely N-dealkylation sites (N-methyl/N-ethyl adjacent to an activating group) is 1. The number of anilines is 1. The zero-order valence-corrected chi connectivity index (χ0v) is 35.3. The monoisotopic (exact) mass is 870 g/mol. The molecule has 0 saturated carbocycles. The minimum absolute atomic E-state index is 0.0492. The molecule has 0 aromatic heterocycles. The number of hydroxylamine groups is 2. The van der Waals surface area contributed by atoms with Gasteiger partial charge in [-0.2, -0.15) is 29.8 Å². The predicted molar refractivity (Wildman–Crippen MR) is 217 cm³/mol. The van der Waals surface area contributed by atoms with E-state index in [-0.39, 0.29) is 35.6 Å². The van der Waals surface area contributed by atoms with E-state index in [1.165, 1.54) is 18.2 Å². The molecule has 6 rings (SSSR count).